The molecule has 0 heterocycles. The Morgan fingerprint density at radius 2 is 1.88 bits per heavy atom. The molecule has 9 heteroatoms. The lowest BCUT2D eigenvalue weighted by atomic mass is 10.1. The van der Waals surface area contributed by atoms with Gasteiger partial charge in [0.25, 0.3) is 0 Å². The average Bonchev–Trinajstić information content (AvgIpc) is 2.43. The fourth-order valence-corrected chi connectivity index (χ4v) is 3.97. The molecular weight excluding hydrogens is 347 g/mol. The van der Waals surface area contributed by atoms with Crippen molar-refractivity contribution in [3.63, 3.8) is 0 Å². The van der Waals surface area contributed by atoms with Gasteiger partial charge in [0.05, 0.1) is 17.6 Å². The molecule has 0 saturated carbocycles. The van der Waals surface area contributed by atoms with Crippen LogP contribution in [0.4, 0.5) is 13.2 Å². The van der Waals surface area contributed by atoms with Gasteiger partial charge < -0.3 is 4.74 Å². The number of sulfonamides is 1. The maximum absolute atomic E-state index is 12.8. The van der Waals surface area contributed by atoms with Crippen LogP contribution in [0.15, 0.2) is 23.1 Å². The van der Waals surface area contributed by atoms with Crippen molar-refractivity contribution in [2.45, 2.75) is 31.8 Å². The molecule has 0 bridgehead atoms. The lowest BCUT2D eigenvalue weighted by molar-refractivity contribution is -0.136. The van der Waals surface area contributed by atoms with Gasteiger partial charge in [-0.1, -0.05) is 13.8 Å². The fourth-order valence-electron chi connectivity index (χ4n) is 2.18. The van der Waals surface area contributed by atoms with Gasteiger partial charge in [-0.05, 0) is 36.6 Å². The number of rotatable bonds is 6. The first-order chi connectivity index (χ1) is 10.9. The summed E-state index contributed by atoms with van der Waals surface area (Å²) in [5.74, 6) is -0.937. The Labute approximate surface area is 139 Å². The van der Waals surface area contributed by atoms with Crippen LogP contribution >= 0.6 is 0 Å². The second-order valence-electron chi connectivity index (χ2n) is 5.78. The number of nitrogens with zero attached hydrogens (tertiary/aromatic N) is 1. The number of halogens is 3. The molecule has 0 atom stereocenters. The summed E-state index contributed by atoms with van der Waals surface area (Å²) in [5, 5.41) is 0. The Morgan fingerprint density at radius 3 is 2.29 bits per heavy atom. The van der Waals surface area contributed by atoms with Gasteiger partial charge in [-0.2, -0.15) is 17.5 Å². The summed E-state index contributed by atoms with van der Waals surface area (Å²) in [6, 6.07) is 3.62. The molecule has 0 aliphatic rings. The predicted octanol–water partition coefficient (Wildman–Crippen LogP) is 2.99. The van der Waals surface area contributed by atoms with Crippen LogP contribution in [0.3, 0.4) is 0 Å². The molecule has 0 aliphatic heterocycles. The summed E-state index contributed by atoms with van der Waals surface area (Å²) in [7, 11) is -3.17. The van der Waals surface area contributed by atoms with E-state index in [0.717, 1.165) is 6.07 Å². The lowest BCUT2D eigenvalue weighted by Gasteiger charge is -2.25. The standard InChI is InChI=1S/C15H20F3NO4S/c1-10(2)8-19(9-15(16,17)18)24(21,22)13-6-5-12(7-11(13)3)14(20)23-4/h5-7,10H,8-9H2,1-4H3. The van der Waals surface area contributed by atoms with Gasteiger partial charge in [-0.25, -0.2) is 13.2 Å². The van der Waals surface area contributed by atoms with Crippen molar-refractivity contribution in [3.8, 4) is 0 Å². The lowest BCUT2D eigenvalue weighted by Crippen LogP contribution is -2.41. The van der Waals surface area contributed by atoms with E-state index in [2.05, 4.69) is 4.74 Å². The largest absolute Gasteiger partial charge is 0.465 e. The maximum atomic E-state index is 12.8. The number of carbonyl (C=O) groups excluding carboxylic acids is 1. The molecule has 0 unspecified atom stereocenters. The molecule has 1 rings (SSSR count). The number of hydrogen-bond acceptors (Lipinski definition) is 4. The van der Waals surface area contributed by atoms with E-state index in [9.17, 15) is 26.4 Å². The minimum absolute atomic E-state index is 0.125. The Kier molecular flexibility index (Phi) is 6.40. The number of aryl methyl sites for hydroxylation is 1. The minimum Gasteiger partial charge on any atom is -0.465 e. The molecule has 0 aliphatic carbocycles. The Morgan fingerprint density at radius 1 is 1.29 bits per heavy atom. The van der Waals surface area contributed by atoms with E-state index < -0.39 is 28.7 Å². The first kappa shape index (κ1) is 20.4. The summed E-state index contributed by atoms with van der Waals surface area (Å²) >= 11 is 0. The van der Waals surface area contributed by atoms with Crippen LogP contribution in [-0.4, -0.2) is 45.1 Å². The Balaban J connectivity index is 3.31. The molecule has 5 nitrogen and oxygen atoms in total. The number of carbonyl (C=O) groups is 1. The smallest absolute Gasteiger partial charge is 0.402 e. The van der Waals surface area contributed by atoms with Crippen LogP contribution in [0, 0.1) is 12.8 Å². The van der Waals surface area contributed by atoms with E-state index in [1.165, 1.54) is 26.2 Å². The number of ether oxygens (including phenoxy) is 1. The molecule has 0 radical (unpaired) electrons. The van der Waals surface area contributed by atoms with Crippen LogP contribution in [0.5, 0.6) is 0 Å². The van der Waals surface area contributed by atoms with Crippen LogP contribution < -0.4 is 0 Å². The molecular formula is C15H20F3NO4S. The first-order valence-electron chi connectivity index (χ1n) is 7.14. The van der Waals surface area contributed by atoms with Crippen molar-refractivity contribution >= 4 is 16.0 Å². The van der Waals surface area contributed by atoms with Crippen LogP contribution in [0.2, 0.25) is 0 Å². The maximum Gasteiger partial charge on any atom is 0.402 e. The highest BCUT2D eigenvalue weighted by Crippen LogP contribution is 2.26. The number of esters is 1. The highest BCUT2D eigenvalue weighted by atomic mass is 32.2. The first-order valence-corrected chi connectivity index (χ1v) is 8.58. The molecule has 0 aromatic heterocycles. The average molecular weight is 367 g/mol. The monoisotopic (exact) mass is 367 g/mol. The van der Waals surface area contributed by atoms with Crippen molar-refractivity contribution in [2.24, 2.45) is 5.92 Å². The fraction of sp³-hybridized carbons (Fsp3) is 0.533. The van der Waals surface area contributed by atoms with Crippen molar-refractivity contribution < 1.29 is 31.1 Å². The summed E-state index contributed by atoms with van der Waals surface area (Å²) in [5.41, 5.74) is 0.300. The zero-order chi connectivity index (χ0) is 18.7. The van der Waals surface area contributed by atoms with Crippen LogP contribution in [0.25, 0.3) is 0 Å². The number of hydrogen-bond donors (Lipinski definition) is 0. The van der Waals surface area contributed by atoms with Gasteiger partial charge in [0.2, 0.25) is 10.0 Å². The molecule has 0 spiro atoms. The van der Waals surface area contributed by atoms with E-state index in [4.69, 9.17) is 0 Å². The molecule has 0 fully saturated rings. The molecule has 1 aromatic rings. The summed E-state index contributed by atoms with van der Waals surface area (Å²) in [4.78, 5) is 11.2. The topological polar surface area (TPSA) is 63.7 Å². The molecule has 24 heavy (non-hydrogen) atoms. The second-order valence-corrected chi connectivity index (χ2v) is 7.68. The zero-order valence-electron chi connectivity index (χ0n) is 13.8. The summed E-state index contributed by atoms with van der Waals surface area (Å²) in [6.07, 6.45) is -4.65. The summed E-state index contributed by atoms with van der Waals surface area (Å²) < 4.78 is 68.5. The van der Waals surface area contributed by atoms with Gasteiger partial charge >= 0.3 is 12.1 Å². The molecule has 0 N–H and O–H groups in total. The highest BCUT2D eigenvalue weighted by molar-refractivity contribution is 7.89. The number of benzene rings is 1. The molecule has 0 saturated heterocycles. The van der Waals surface area contributed by atoms with Crippen LogP contribution in [0.1, 0.15) is 29.8 Å². The Hall–Kier alpha value is -1.61. The summed E-state index contributed by atoms with van der Waals surface area (Å²) in [6.45, 7) is 2.85. The number of methoxy groups -OCH3 is 1. The van der Waals surface area contributed by atoms with Crippen molar-refractivity contribution in [3.05, 3.63) is 29.3 Å². The predicted molar refractivity (Wildman–Crippen MR) is 82.2 cm³/mol. The van der Waals surface area contributed by atoms with Gasteiger partial charge in [0, 0.05) is 6.54 Å². The van der Waals surface area contributed by atoms with Gasteiger partial charge in [0.1, 0.15) is 6.54 Å². The SMILES string of the molecule is COC(=O)c1ccc(S(=O)(=O)N(CC(C)C)CC(F)(F)F)c(C)c1. The minimum atomic E-state index is -4.65. The quantitative estimate of drug-likeness (QED) is 0.725. The second kappa shape index (κ2) is 7.52. The van der Waals surface area contributed by atoms with E-state index in [-0.39, 0.29) is 28.5 Å². The third-order valence-corrected chi connectivity index (χ3v) is 5.11. The van der Waals surface area contributed by atoms with E-state index in [1.807, 2.05) is 0 Å². The van der Waals surface area contributed by atoms with Crippen molar-refractivity contribution in [2.75, 3.05) is 20.2 Å². The zero-order valence-corrected chi connectivity index (χ0v) is 14.7. The van der Waals surface area contributed by atoms with Crippen molar-refractivity contribution in [1.82, 2.24) is 4.31 Å². The third-order valence-electron chi connectivity index (χ3n) is 3.14. The molecule has 0 amide bonds. The third kappa shape index (κ3) is 5.20. The Bertz CT molecular complexity index is 699. The highest BCUT2D eigenvalue weighted by Gasteiger charge is 2.37. The van der Waals surface area contributed by atoms with Gasteiger partial charge in [-0.3, -0.25) is 0 Å². The van der Waals surface area contributed by atoms with E-state index in [1.54, 1.807) is 13.8 Å². The molecule has 1 aromatic carbocycles. The van der Waals surface area contributed by atoms with Gasteiger partial charge in [-0.15, -0.1) is 0 Å². The van der Waals surface area contributed by atoms with Crippen molar-refractivity contribution in [1.29, 1.82) is 0 Å². The van der Waals surface area contributed by atoms with E-state index >= 15 is 0 Å². The normalized spacial score (nSPS) is 12.7. The van der Waals surface area contributed by atoms with E-state index in [0.29, 0.717) is 4.31 Å². The molecule has 136 valence electrons. The van der Waals surface area contributed by atoms with Crippen LogP contribution in [-0.2, 0) is 14.8 Å². The van der Waals surface area contributed by atoms with Gasteiger partial charge in [0.15, 0.2) is 0 Å². The number of alkyl halides is 3.